The van der Waals surface area contributed by atoms with Crippen LogP contribution in [-0.4, -0.2) is 36.0 Å². The number of carbonyl (C=O) groups is 2. The van der Waals surface area contributed by atoms with Crippen molar-refractivity contribution in [1.82, 2.24) is 15.5 Å². The molecule has 174 valence electrons. The summed E-state index contributed by atoms with van der Waals surface area (Å²) in [5.74, 6) is 0.383. The van der Waals surface area contributed by atoms with Crippen LogP contribution >= 0.6 is 0 Å². The SMILES string of the molecule is CCC[C@@H](CCC(C)C)C(=O)NC(=O)N1CCC[C@@H](NCc2cccc3ccccc23)C1. The summed E-state index contributed by atoms with van der Waals surface area (Å²) in [5.41, 5.74) is 1.27. The minimum absolute atomic E-state index is 0.0728. The Morgan fingerprint density at radius 3 is 2.62 bits per heavy atom. The molecular formula is C27H39N3O2. The van der Waals surface area contributed by atoms with E-state index in [1.54, 1.807) is 4.90 Å². The van der Waals surface area contributed by atoms with Crippen molar-refractivity contribution in [2.24, 2.45) is 11.8 Å². The highest BCUT2D eigenvalue weighted by molar-refractivity contribution is 5.95. The maximum Gasteiger partial charge on any atom is 0.324 e. The van der Waals surface area contributed by atoms with Crippen LogP contribution in [-0.2, 0) is 11.3 Å². The largest absolute Gasteiger partial charge is 0.324 e. The molecule has 0 saturated carbocycles. The minimum Gasteiger partial charge on any atom is -0.323 e. The molecule has 2 aromatic rings. The number of carbonyl (C=O) groups excluding carboxylic acids is 2. The van der Waals surface area contributed by atoms with Crippen molar-refractivity contribution in [2.45, 2.75) is 71.9 Å². The van der Waals surface area contributed by atoms with Gasteiger partial charge in [0.1, 0.15) is 0 Å². The first kappa shape index (κ1) is 24.2. The summed E-state index contributed by atoms with van der Waals surface area (Å²) in [6, 6.07) is 14.8. The maximum atomic E-state index is 12.8. The molecular weight excluding hydrogens is 398 g/mol. The molecule has 0 aromatic heterocycles. The third-order valence-electron chi connectivity index (χ3n) is 6.50. The third kappa shape index (κ3) is 6.80. The molecule has 2 atom stereocenters. The Hall–Kier alpha value is -2.40. The van der Waals surface area contributed by atoms with Gasteiger partial charge in [-0.3, -0.25) is 10.1 Å². The van der Waals surface area contributed by atoms with Gasteiger partial charge in [0, 0.05) is 31.6 Å². The van der Waals surface area contributed by atoms with Gasteiger partial charge in [0.05, 0.1) is 0 Å². The third-order valence-corrected chi connectivity index (χ3v) is 6.50. The van der Waals surface area contributed by atoms with Crippen molar-refractivity contribution in [3.05, 3.63) is 48.0 Å². The number of hydrogen-bond donors (Lipinski definition) is 2. The molecule has 32 heavy (non-hydrogen) atoms. The van der Waals surface area contributed by atoms with Gasteiger partial charge < -0.3 is 10.2 Å². The number of urea groups is 1. The van der Waals surface area contributed by atoms with Gasteiger partial charge in [-0.15, -0.1) is 0 Å². The molecule has 2 aromatic carbocycles. The van der Waals surface area contributed by atoms with Crippen LogP contribution in [0.15, 0.2) is 42.5 Å². The van der Waals surface area contributed by atoms with Crippen LogP contribution in [0.25, 0.3) is 10.8 Å². The van der Waals surface area contributed by atoms with Gasteiger partial charge in [0.2, 0.25) is 5.91 Å². The molecule has 1 aliphatic rings. The lowest BCUT2D eigenvalue weighted by atomic mass is 9.93. The van der Waals surface area contributed by atoms with E-state index < -0.39 is 0 Å². The van der Waals surface area contributed by atoms with Gasteiger partial charge in [-0.2, -0.15) is 0 Å². The fourth-order valence-electron chi connectivity index (χ4n) is 4.61. The second-order valence-electron chi connectivity index (χ2n) is 9.56. The van der Waals surface area contributed by atoms with Gasteiger partial charge in [0.25, 0.3) is 0 Å². The Morgan fingerprint density at radius 1 is 1.06 bits per heavy atom. The smallest absolute Gasteiger partial charge is 0.323 e. The second-order valence-corrected chi connectivity index (χ2v) is 9.56. The Morgan fingerprint density at radius 2 is 1.84 bits per heavy atom. The molecule has 5 heteroatoms. The van der Waals surface area contributed by atoms with Crippen molar-refractivity contribution in [1.29, 1.82) is 0 Å². The lowest BCUT2D eigenvalue weighted by molar-refractivity contribution is -0.124. The fraction of sp³-hybridized carbons (Fsp3) is 0.556. The Labute approximate surface area is 192 Å². The average molecular weight is 438 g/mol. The van der Waals surface area contributed by atoms with Gasteiger partial charge in [-0.1, -0.05) is 76.1 Å². The molecule has 0 spiro atoms. The van der Waals surface area contributed by atoms with Crippen molar-refractivity contribution in [3.63, 3.8) is 0 Å². The van der Waals surface area contributed by atoms with Crippen LogP contribution in [0.5, 0.6) is 0 Å². The highest BCUT2D eigenvalue weighted by atomic mass is 16.2. The normalized spacial score (nSPS) is 17.5. The van der Waals surface area contributed by atoms with Crippen LogP contribution in [0, 0.1) is 11.8 Å². The van der Waals surface area contributed by atoms with Gasteiger partial charge in [-0.05, 0) is 47.9 Å². The molecule has 1 saturated heterocycles. The Balaban J connectivity index is 1.53. The lowest BCUT2D eigenvalue weighted by Crippen LogP contribution is -2.52. The zero-order valence-corrected chi connectivity index (χ0v) is 19.9. The summed E-state index contributed by atoms with van der Waals surface area (Å²) in [5, 5.41) is 8.84. The zero-order chi connectivity index (χ0) is 22.9. The summed E-state index contributed by atoms with van der Waals surface area (Å²) < 4.78 is 0. The van der Waals surface area contributed by atoms with Crippen LogP contribution in [0.1, 0.15) is 64.9 Å². The van der Waals surface area contributed by atoms with E-state index in [0.29, 0.717) is 19.0 Å². The number of rotatable bonds is 9. The van der Waals surface area contributed by atoms with Crippen molar-refractivity contribution in [3.8, 4) is 0 Å². The zero-order valence-electron chi connectivity index (χ0n) is 19.9. The van der Waals surface area contributed by atoms with E-state index in [-0.39, 0.29) is 23.9 Å². The van der Waals surface area contributed by atoms with Crippen molar-refractivity contribution >= 4 is 22.7 Å². The van der Waals surface area contributed by atoms with E-state index in [4.69, 9.17) is 0 Å². The first-order chi connectivity index (χ1) is 15.5. The van der Waals surface area contributed by atoms with E-state index in [1.807, 2.05) is 0 Å². The van der Waals surface area contributed by atoms with E-state index in [1.165, 1.54) is 16.3 Å². The van der Waals surface area contributed by atoms with Crippen molar-refractivity contribution in [2.75, 3.05) is 13.1 Å². The summed E-state index contributed by atoms with van der Waals surface area (Å²) in [6.07, 6.45) is 5.63. The summed E-state index contributed by atoms with van der Waals surface area (Å²) in [4.78, 5) is 27.4. The van der Waals surface area contributed by atoms with Crippen molar-refractivity contribution < 1.29 is 9.59 Å². The van der Waals surface area contributed by atoms with Gasteiger partial charge in [0.15, 0.2) is 0 Å². The Kier molecular flexibility index (Phi) is 9.10. The number of hydrogen-bond acceptors (Lipinski definition) is 3. The fourth-order valence-corrected chi connectivity index (χ4v) is 4.61. The molecule has 1 aliphatic heterocycles. The van der Waals surface area contributed by atoms with Crippen LogP contribution in [0.2, 0.25) is 0 Å². The summed E-state index contributed by atoms with van der Waals surface area (Å²) >= 11 is 0. The van der Waals surface area contributed by atoms with Gasteiger partial charge >= 0.3 is 6.03 Å². The Bertz CT molecular complexity index is 890. The van der Waals surface area contributed by atoms with E-state index >= 15 is 0 Å². The molecule has 0 aliphatic carbocycles. The summed E-state index contributed by atoms with van der Waals surface area (Å²) in [7, 11) is 0. The number of imide groups is 1. The van der Waals surface area contributed by atoms with E-state index in [0.717, 1.165) is 45.1 Å². The first-order valence-electron chi connectivity index (χ1n) is 12.3. The molecule has 1 heterocycles. The van der Waals surface area contributed by atoms with Crippen LogP contribution in [0.4, 0.5) is 4.79 Å². The minimum atomic E-state index is -0.239. The molecule has 3 rings (SSSR count). The highest BCUT2D eigenvalue weighted by Gasteiger charge is 2.27. The molecule has 3 amide bonds. The number of fused-ring (bicyclic) bond motifs is 1. The maximum absolute atomic E-state index is 12.8. The number of likely N-dealkylation sites (tertiary alicyclic amines) is 1. The molecule has 5 nitrogen and oxygen atoms in total. The number of nitrogens with zero attached hydrogens (tertiary/aromatic N) is 1. The predicted octanol–water partition coefficient (Wildman–Crippen LogP) is 5.48. The van der Waals surface area contributed by atoms with Crippen LogP contribution < -0.4 is 10.6 Å². The number of piperidine rings is 1. The molecule has 0 unspecified atom stereocenters. The first-order valence-corrected chi connectivity index (χ1v) is 12.3. The second kappa shape index (κ2) is 12.0. The predicted molar refractivity (Wildman–Crippen MR) is 131 cm³/mol. The standard InChI is InChI=1S/C27H39N3O2/c1-4-9-22(16-15-20(2)3)26(31)29-27(32)30-17-8-13-24(19-30)28-18-23-12-7-11-21-10-5-6-14-25(21)23/h5-7,10-12,14,20,22,24,28H,4,8-9,13,15-19H2,1-3H3,(H,29,31,32)/t22-,24+/m0/s1. The number of amides is 3. The van der Waals surface area contributed by atoms with Gasteiger partial charge in [-0.25, -0.2) is 4.79 Å². The lowest BCUT2D eigenvalue weighted by Gasteiger charge is -2.33. The topological polar surface area (TPSA) is 61.4 Å². The number of benzene rings is 2. The number of nitrogens with one attached hydrogen (secondary N) is 2. The quantitative estimate of drug-likeness (QED) is 0.546. The molecule has 2 N–H and O–H groups in total. The summed E-state index contributed by atoms with van der Waals surface area (Å²) in [6.45, 7) is 8.54. The molecule has 1 fully saturated rings. The van der Waals surface area contributed by atoms with Crippen LogP contribution in [0.3, 0.4) is 0 Å². The monoisotopic (exact) mass is 437 g/mol. The molecule has 0 radical (unpaired) electrons. The van der Waals surface area contributed by atoms with E-state index in [2.05, 4.69) is 73.9 Å². The average Bonchev–Trinajstić information content (AvgIpc) is 2.80. The molecule has 0 bridgehead atoms. The highest BCUT2D eigenvalue weighted by Crippen LogP contribution is 2.20. The van der Waals surface area contributed by atoms with E-state index in [9.17, 15) is 9.59 Å².